The van der Waals surface area contributed by atoms with Gasteiger partial charge in [-0.3, -0.25) is 4.79 Å². The molecule has 0 aromatic heterocycles. The standard InChI is InChI=1S/C16H24N2O4/c1-10-9-12(7-8-13(10)21-6)18-14(19)11(2)17-15(20)22-16(3,4)5/h7-9,11H,1-6H3,(H,17,20)(H,18,19). The van der Waals surface area contributed by atoms with Gasteiger partial charge in [-0.25, -0.2) is 4.79 Å². The highest BCUT2D eigenvalue weighted by molar-refractivity contribution is 5.96. The van der Waals surface area contributed by atoms with Crippen LogP contribution in [0.2, 0.25) is 0 Å². The lowest BCUT2D eigenvalue weighted by Crippen LogP contribution is -2.43. The molecule has 1 unspecified atom stereocenters. The number of anilines is 1. The van der Waals surface area contributed by atoms with Crippen molar-refractivity contribution in [2.24, 2.45) is 0 Å². The van der Waals surface area contributed by atoms with Crippen LogP contribution in [0.25, 0.3) is 0 Å². The summed E-state index contributed by atoms with van der Waals surface area (Å²) in [5.41, 5.74) is 0.946. The van der Waals surface area contributed by atoms with Crippen LogP contribution in [0.15, 0.2) is 18.2 Å². The van der Waals surface area contributed by atoms with Crippen LogP contribution in [-0.2, 0) is 9.53 Å². The van der Waals surface area contributed by atoms with Crippen molar-refractivity contribution in [3.05, 3.63) is 23.8 Å². The summed E-state index contributed by atoms with van der Waals surface area (Å²) in [6.07, 6.45) is -0.624. The zero-order chi connectivity index (χ0) is 16.9. The Morgan fingerprint density at radius 3 is 2.36 bits per heavy atom. The largest absolute Gasteiger partial charge is 0.496 e. The molecule has 0 aliphatic carbocycles. The van der Waals surface area contributed by atoms with Crippen LogP contribution >= 0.6 is 0 Å². The van der Waals surface area contributed by atoms with Gasteiger partial charge in [0.2, 0.25) is 5.91 Å². The highest BCUT2D eigenvalue weighted by Crippen LogP contribution is 2.21. The number of ether oxygens (including phenoxy) is 2. The van der Waals surface area contributed by atoms with Crippen LogP contribution in [0.1, 0.15) is 33.3 Å². The molecule has 0 spiro atoms. The maximum Gasteiger partial charge on any atom is 0.408 e. The van der Waals surface area contributed by atoms with Crippen LogP contribution in [0.5, 0.6) is 5.75 Å². The van der Waals surface area contributed by atoms with E-state index in [1.807, 2.05) is 6.92 Å². The molecule has 0 heterocycles. The molecule has 122 valence electrons. The lowest BCUT2D eigenvalue weighted by molar-refractivity contribution is -0.117. The van der Waals surface area contributed by atoms with Gasteiger partial charge in [0.25, 0.3) is 0 Å². The molecule has 0 bridgehead atoms. The Hall–Kier alpha value is -2.24. The van der Waals surface area contributed by atoms with Gasteiger partial charge in [-0.2, -0.15) is 0 Å². The Balaban J connectivity index is 2.61. The molecule has 1 rings (SSSR count). The first-order chi connectivity index (χ1) is 10.1. The van der Waals surface area contributed by atoms with E-state index in [9.17, 15) is 9.59 Å². The van der Waals surface area contributed by atoms with Crippen molar-refractivity contribution < 1.29 is 19.1 Å². The maximum atomic E-state index is 12.1. The molecule has 0 aliphatic heterocycles. The van der Waals surface area contributed by atoms with Gasteiger partial charge in [-0.05, 0) is 58.4 Å². The monoisotopic (exact) mass is 308 g/mol. The van der Waals surface area contributed by atoms with E-state index < -0.39 is 17.7 Å². The fraction of sp³-hybridized carbons (Fsp3) is 0.500. The summed E-state index contributed by atoms with van der Waals surface area (Å²) >= 11 is 0. The summed E-state index contributed by atoms with van der Waals surface area (Å²) in [7, 11) is 1.59. The Morgan fingerprint density at radius 1 is 1.23 bits per heavy atom. The highest BCUT2D eigenvalue weighted by Gasteiger charge is 2.21. The van der Waals surface area contributed by atoms with E-state index >= 15 is 0 Å². The first-order valence-corrected chi connectivity index (χ1v) is 7.07. The van der Waals surface area contributed by atoms with Gasteiger partial charge in [-0.15, -0.1) is 0 Å². The predicted molar refractivity (Wildman–Crippen MR) is 85.2 cm³/mol. The second kappa shape index (κ2) is 7.15. The van der Waals surface area contributed by atoms with Crippen LogP contribution < -0.4 is 15.4 Å². The lowest BCUT2D eigenvalue weighted by atomic mass is 10.2. The highest BCUT2D eigenvalue weighted by atomic mass is 16.6. The van der Waals surface area contributed by atoms with Gasteiger partial charge < -0.3 is 20.1 Å². The third-order valence-corrected chi connectivity index (χ3v) is 2.79. The molecule has 1 aromatic rings. The number of aryl methyl sites for hydroxylation is 1. The zero-order valence-electron chi connectivity index (χ0n) is 13.9. The molecule has 0 fully saturated rings. The number of amides is 2. The second-order valence-corrected chi connectivity index (χ2v) is 6.04. The molecule has 0 radical (unpaired) electrons. The smallest absolute Gasteiger partial charge is 0.408 e. The Kier molecular flexibility index (Phi) is 5.79. The van der Waals surface area contributed by atoms with E-state index in [1.165, 1.54) is 0 Å². The molecular weight excluding hydrogens is 284 g/mol. The van der Waals surface area contributed by atoms with Crippen LogP contribution in [0, 0.1) is 6.92 Å². The minimum absolute atomic E-state index is 0.324. The summed E-state index contributed by atoms with van der Waals surface area (Å²) in [6, 6.07) is 4.61. The predicted octanol–water partition coefficient (Wildman–Crippen LogP) is 2.86. The molecule has 6 nitrogen and oxygen atoms in total. The Labute approximate surface area is 131 Å². The molecule has 2 amide bonds. The topological polar surface area (TPSA) is 76.7 Å². The second-order valence-electron chi connectivity index (χ2n) is 6.04. The molecule has 2 N–H and O–H groups in total. The maximum absolute atomic E-state index is 12.1. The van der Waals surface area contributed by atoms with E-state index in [1.54, 1.807) is 53.0 Å². The van der Waals surface area contributed by atoms with Gasteiger partial charge in [0.15, 0.2) is 0 Å². The summed E-state index contributed by atoms with van der Waals surface area (Å²) in [5, 5.41) is 5.23. The summed E-state index contributed by atoms with van der Waals surface area (Å²) in [4.78, 5) is 23.7. The van der Waals surface area contributed by atoms with Gasteiger partial charge in [0, 0.05) is 5.69 Å². The van der Waals surface area contributed by atoms with Crippen LogP contribution in [0.3, 0.4) is 0 Å². The number of benzene rings is 1. The molecule has 1 aromatic carbocycles. The van der Waals surface area contributed by atoms with E-state index in [0.717, 1.165) is 11.3 Å². The van der Waals surface area contributed by atoms with Crippen LogP contribution in [-0.4, -0.2) is 30.8 Å². The molecule has 0 saturated heterocycles. The number of carbonyl (C=O) groups excluding carboxylic acids is 2. The number of carbonyl (C=O) groups is 2. The number of hydrogen-bond donors (Lipinski definition) is 2. The van der Waals surface area contributed by atoms with Gasteiger partial charge in [0.1, 0.15) is 17.4 Å². The number of rotatable bonds is 4. The van der Waals surface area contributed by atoms with Crippen molar-refractivity contribution in [3.63, 3.8) is 0 Å². The van der Waals surface area contributed by atoms with E-state index in [0.29, 0.717) is 5.69 Å². The van der Waals surface area contributed by atoms with E-state index in [-0.39, 0.29) is 5.91 Å². The van der Waals surface area contributed by atoms with Crippen molar-refractivity contribution in [2.45, 2.75) is 46.3 Å². The molecule has 6 heteroatoms. The first-order valence-electron chi connectivity index (χ1n) is 7.07. The van der Waals surface area contributed by atoms with E-state index in [4.69, 9.17) is 9.47 Å². The van der Waals surface area contributed by atoms with E-state index in [2.05, 4.69) is 10.6 Å². The number of methoxy groups -OCH3 is 1. The molecule has 0 aliphatic rings. The number of nitrogens with one attached hydrogen (secondary N) is 2. The third kappa shape index (κ3) is 5.63. The fourth-order valence-electron chi connectivity index (χ4n) is 1.76. The fourth-order valence-corrected chi connectivity index (χ4v) is 1.76. The van der Waals surface area contributed by atoms with Crippen LogP contribution in [0.4, 0.5) is 10.5 Å². The van der Waals surface area contributed by atoms with Gasteiger partial charge in [0.05, 0.1) is 7.11 Å². The van der Waals surface area contributed by atoms with Crippen molar-refractivity contribution >= 4 is 17.7 Å². The average molecular weight is 308 g/mol. The summed E-state index contributed by atoms with van der Waals surface area (Å²) < 4.78 is 10.3. The van der Waals surface area contributed by atoms with Crippen molar-refractivity contribution in [2.75, 3.05) is 12.4 Å². The summed E-state index contributed by atoms with van der Waals surface area (Å²) in [6.45, 7) is 8.76. The Bertz CT molecular complexity index is 550. The van der Waals surface area contributed by atoms with Crippen molar-refractivity contribution in [3.8, 4) is 5.75 Å². The quantitative estimate of drug-likeness (QED) is 0.896. The van der Waals surface area contributed by atoms with Crippen molar-refractivity contribution in [1.82, 2.24) is 5.32 Å². The van der Waals surface area contributed by atoms with Gasteiger partial charge in [-0.1, -0.05) is 0 Å². The molecule has 22 heavy (non-hydrogen) atoms. The Morgan fingerprint density at radius 2 is 1.86 bits per heavy atom. The number of hydrogen-bond acceptors (Lipinski definition) is 4. The average Bonchev–Trinajstić information content (AvgIpc) is 2.36. The minimum atomic E-state index is -0.711. The number of alkyl carbamates (subject to hydrolysis) is 1. The zero-order valence-corrected chi connectivity index (χ0v) is 13.9. The third-order valence-electron chi connectivity index (χ3n) is 2.79. The normalized spacial score (nSPS) is 12.3. The minimum Gasteiger partial charge on any atom is -0.496 e. The SMILES string of the molecule is COc1ccc(NC(=O)C(C)NC(=O)OC(C)(C)C)cc1C. The summed E-state index contributed by atoms with van der Waals surface area (Å²) in [5.74, 6) is 0.424. The molecular formula is C16H24N2O4. The lowest BCUT2D eigenvalue weighted by Gasteiger charge is -2.21. The molecule has 1 atom stereocenters. The van der Waals surface area contributed by atoms with Crippen molar-refractivity contribution in [1.29, 1.82) is 0 Å². The first kappa shape index (κ1) is 17.8. The molecule has 0 saturated carbocycles. The van der Waals surface area contributed by atoms with Gasteiger partial charge >= 0.3 is 6.09 Å².